The van der Waals surface area contributed by atoms with Gasteiger partial charge in [-0.05, 0) is 59.4 Å². The molecule has 212 valence electrons. The number of carbonyl (C=O) groups excluding carboxylic acids is 2. The van der Waals surface area contributed by atoms with Gasteiger partial charge >= 0.3 is 11.9 Å². The van der Waals surface area contributed by atoms with Crippen molar-refractivity contribution >= 4 is 34.5 Å². The molecule has 0 spiro atoms. The summed E-state index contributed by atoms with van der Waals surface area (Å²) >= 11 is 0. The highest BCUT2D eigenvalue weighted by Gasteiger charge is 2.53. The molecule has 2 unspecified atom stereocenters. The van der Waals surface area contributed by atoms with Crippen LogP contribution in [0.1, 0.15) is 102 Å². The van der Waals surface area contributed by atoms with E-state index in [4.69, 9.17) is 5.11 Å². The fourth-order valence-corrected chi connectivity index (χ4v) is 4.50. The third-order valence-corrected chi connectivity index (χ3v) is 7.04. The zero-order valence-electron chi connectivity index (χ0n) is 24.5. The summed E-state index contributed by atoms with van der Waals surface area (Å²) < 4.78 is 0. The van der Waals surface area contributed by atoms with Crippen LogP contribution in [-0.2, 0) is 9.59 Å². The van der Waals surface area contributed by atoms with Gasteiger partial charge in [-0.2, -0.15) is 0 Å². The molecule has 0 aromatic heterocycles. The average molecular weight is 538 g/mol. The number of carboxylic acid groups (broad SMARTS) is 2. The van der Waals surface area contributed by atoms with E-state index in [2.05, 4.69) is 20.8 Å². The second-order valence-corrected chi connectivity index (χ2v) is 12.5. The molecule has 2 N–H and O–H groups in total. The lowest BCUT2D eigenvalue weighted by atomic mass is 9.80. The molecule has 0 bridgehead atoms. The Morgan fingerprint density at radius 1 is 0.872 bits per heavy atom. The molecule has 0 radical (unpaired) electrons. The molecule has 1 aliphatic rings. The predicted molar refractivity (Wildman–Crippen MR) is 154 cm³/mol. The average Bonchev–Trinajstić information content (AvgIpc) is 3.07. The lowest BCUT2D eigenvalue weighted by Gasteiger charge is -2.37. The number of amides is 2. The molecule has 39 heavy (non-hydrogen) atoms. The van der Waals surface area contributed by atoms with Crippen molar-refractivity contribution in [3.63, 3.8) is 0 Å². The van der Waals surface area contributed by atoms with E-state index in [1.807, 2.05) is 58.0 Å². The Kier molecular flexibility index (Phi) is 9.88. The van der Waals surface area contributed by atoms with Crippen LogP contribution in [0.5, 0.6) is 0 Å². The molecule has 1 aliphatic heterocycles. The highest BCUT2D eigenvalue weighted by molar-refractivity contribution is 6.24. The number of carbonyl (C=O) groups is 4. The number of benzene rings is 2. The summed E-state index contributed by atoms with van der Waals surface area (Å²) in [7, 11) is 0. The minimum Gasteiger partial charge on any atom is -0.481 e. The maximum Gasteiger partial charge on any atom is 0.330 e. The lowest BCUT2D eigenvalue weighted by molar-refractivity contribution is -0.149. The minimum absolute atomic E-state index is 0.0723. The molecule has 2 aromatic rings. The Balaban J connectivity index is 0.000000377. The molecule has 0 fully saturated rings. The zero-order valence-corrected chi connectivity index (χ0v) is 24.5. The number of nitrogens with zero attached hydrogens (tertiary/aromatic N) is 1. The molecule has 0 aliphatic carbocycles. The van der Waals surface area contributed by atoms with E-state index in [1.54, 1.807) is 25.1 Å². The van der Waals surface area contributed by atoms with E-state index in [-0.39, 0.29) is 40.7 Å². The summed E-state index contributed by atoms with van der Waals surface area (Å²) in [6.45, 7) is 15.8. The van der Waals surface area contributed by atoms with Gasteiger partial charge in [0.1, 0.15) is 5.54 Å². The Bertz CT molecular complexity index is 1210. The van der Waals surface area contributed by atoms with Crippen molar-refractivity contribution in [1.82, 2.24) is 4.90 Å². The van der Waals surface area contributed by atoms with E-state index < -0.39 is 29.3 Å². The molecule has 0 saturated carbocycles. The van der Waals surface area contributed by atoms with Gasteiger partial charge in [-0.3, -0.25) is 19.3 Å². The third-order valence-electron chi connectivity index (χ3n) is 7.04. The standard InChI is InChI=1S/C22H25NO4.C10H18O2/c1-5-22(20(26)27,11-10-21(2,3)4)23-18(24)16-12-14-8-6-7-9-15(14)13-17(16)19(23)25;1-5-8(9(11)12)6-7-10(2,3)4/h6-9,12-13H,5,10-11H2,1-4H3,(H,26,27);6-8H,5H2,1-4H3,(H,11,12)/b;7-6+. The van der Waals surface area contributed by atoms with E-state index in [1.165, 1.54) is 0 Å². The zero-order chi connectivity index (χ0) is 29.8. The van der Waals surface area contributed by atoms with Gasteiger partial charge in [-0.1, -0.05) is 91.8 Å². The number of allylic oxidation sites excluding steroid dienone is 1. The van der Waals surface area contributed by atoms with E-state index in [0.29, 0.717) is 12.8 Å². The molecule has 1 heterocycles. The third kappa shape index (κ3) is 7.55. The molecule has 7 nitrogen and oxygen atoms in total. The highest BCUT2D eigenvalue weighted by atomic mass is 16.4. The molecule has 3 rings (SSSR count). The predicted octanol–water partition coefficient (Wildman–Crippen LogP) is 7.20. The quantitative estimate of drug-likeness (QED) is 0.272. The Hall–Kier alpha value is -3.48. The van der Waals surface area contributed by atoms with Crippen molar-refractivity contribution in [1.29, 1.82) is 0 Å². The summed E-state index contributed by atoms with van der Waals surface area (Å²) in [5, 5.41) is 20.5. The van der Waals surface area contributed by atoms with Gasteiger partial charge in [0.05, 0.1) is 17.0 Å². The van der Waals surface area contributed by atoms with Gasteiger partial charge < -0.3 is 10.2 Å². The summed E-state index contributed by atoms with van der Waals surface area (Å²) in [5.41, 5.74) is -0.999. The van der Waals surface area contributed by atoms with Crippen LogP contribution in [0.15, 0.2) is 48.6 Å². The van der Waals surface area contributed by atoms with Gasteiger partial charge in [0.2, 0.25) is 0 Å². The molecule has 2 atom stereocenters. The number of rotatable bonds is 8. The largest absolute Gasteiger partial charge is 0.481 e. The van der Waals surface area contributed by atoms with Crippen molar-refractivity contribution < 1.29 is 29.4 Å². The first kappa shape index (κ1) is 31.7. The van der Waals surface area contributed by atoms with Crippen molar-refractivity contribution in [3.8, 4) is 0 Å². The molecule has 2 amide bonds. The maximum atomic E-state index is 13.1. The first-order chi connectivity index (χ1) is 18.0. The van der Waals surface area contributed by atoms with Crippen LogP contribution in [0.2, 0.25) is 0 Å². The number of hydrogen-bond acceptors (Lipinski definition) is 4. The van der Waals surface area contributed by atoms with E-state index in [9.17, 15) is 24.3 Å². The van der Waals surface area contributed by atoms with Gasteiger partial charge in [-0.15, -0.1) is 0 Å². The summed E-state index contributed by atoms with van der Waals surface area (Å²) in [6, 6.07) is 10.9. The monoisotopic (exact) mass is 537 g/mol. The van der Waals surface area contributed by atoms with Gasteiger partial charge in [0, 0.05) is 0 Å². The van der Waals surface area contributed by atoms with Crippen molar-refractivity contribution in [3.05, 3.63) is 59.7 Å². The Labute approximate surface area is 231 Å². The van der Waals surface area contributed by atoms with Crippen molar-refractivity contribution in [2.45, 2.75) is 86.6 Å². The topological polar surface area (TPSA) is 112 Å². The van der Waals surface area contributed by atoms with Crippen LogP contribution < -0.4 is 0 Å². The number of hydrogen-bond donors (Lipinski definition) is 2. The lowest BCUT2D eigenvalue weighted by Crippen LogP contribution is -2.57. The fraction of sp³-hybridized carbons (Fsp3) is 0.500. The van der Waals surface area contributed by atoms with Crippen LogP contribution in [-0.4, -0.2) is 44.4 Å². The molecular formula is C32H43NO6. The van der Waals surface area contributed by atoms with Crippen LogP contribution in [0.25, 0.3) is 10.8 Å². The molecule has 2 aromatic carbocycles. The number of fused-ring (bicyclic) bond motifs is 2. The first-order valence-electron chi connectivity index (χ1n) is 13.5. The van der Waals surface area contributed by atoms with Crippen molar-refractivity contribution in [2.24, 2.45) is 16.7 Å². The molecule has 0 saturated heterocycles. The second kappa shape index (κ2) is 12.1. The second-order valence-electron chi connectivity index (χ2n) is 12.5. The van der Waals surface area contributed by atoms with Crippen LogP contribution in [0, 0.1) is 16.7 Å². The molecular weight excluding hydrogens is 494 g/mol. The van der Waals surface area contributed by atoms with Crippen LogP contribution in [0.3, 0.4) is 0 Å². The van der Waals surface area contributed by atoms with E-state index >= 15 is 0 Å². The fourth-order valence-electron chi connectivity index (χ4n) is 4.50. The number of aliphatic carboxylic acids is 2. The summed E-state index contributed by atoms with van der Waals surface area (Å²) in [6.07, 6.45) is 5.37. The van der Waals surface area contributed by atoms with Crippen molar-refractivity contribution in [2.75, 3.05) is 0 Å². The summed E-state index contributed by atoms with van der Waals surface area (Å²) in [4.78, 5) is 50.1. The Morgan fingerprint density at radius 2 is 1.36 bits per heavy atom. The smallest absolute Gasteiger partial charge is 0.330 e. The van der Waals surface area contributed by atoms with Crippen LogP contribution >= 0.6 is 0 Å². The maximum absolute atomic E-state index is 13.1. The molecule has 7 heteroatoms. The highest BCUT2D eigenvalue weighted by Crippen LogP contribution is 2.38. The number of carboxylic acids is 2. The van der Waals surface area contributed by atoms with Gasteiger partial charge in [0.25, 0.3) is 11.8 Å². The number of imide groups is 1. The van der Waals surface area contributed by atoms with Gasteiger partial charge in [-0.25, -0.2) is 4.79 Å². The first-order valence-corrected chi connectivity index (χ1v) is 13.5. The Morgan fingerprint density at radius 3 is 1.69 bits per heavy atom. The summed E-state index contributed by atoms with van der Waals surface area (Å²) in [5.74, 6) is -3.23. The SMILES string of the molecule is CCC(/C=C/C(C)(C)C)C(=O)O.CCC(CCC(C)(C)C)(C(=O)O)N1C(=O)c2cc3ccccc3cc2C1=O. The van der Waals surface area contributed by atoms with Gasteiger partial charge in [0.15, 0.2) is 0 Å². The van der Waals surface area contributed by atoms with E-state index in [0.717, 1.165) is 15.7 Å². The van der Waals surface area contributed by atoms with Crippen LogP contribution in [0.4, 0.5) is 0 Å². The minimum atomic E-state index is -1.54. The normalized spacial score (nSPS) is 16.1.